The summed E-state index contributed by atoms with van der Waals surface area (Å²) in [5.41, 5.74) is 0.670. The number of nitro groups is 1. The lowest BCUT2D eigenvalue weighted by atomic mass is 10.3. The maximum Gasteiger partial charge on any atom is 0.285 e. The standard InChI is InChI=1S/C10H8BrN3O3/c11-9-2-1-7(3-10(9)14(15)16)13-5-8-4-12-6-17-8/h1-4,6,13H,5H2. The van der Waals surface area contributed by atoms with Gasteiger partial charge < -0.3 is 9.73 Å². The number of anilines is 1. The molecule has 0 aliphatic heterocycles. The summed E-state index contributed by atoms with van der Waals surface area (Å²) in [5.74, 6) is 0.663. The quantitative estimate of drug-likeness (QED) is 0.693. The first-order valence-electron chi connectivity index (χ1n) is 4.72. The Kier molecular flexibility index (Phi) is 3.38. The van der Waals surface area contributed by atoms with Crippen LogP contribution in [0.3, 0.4) is 0 Å². The number of oxazole rings is 1. The van der Waals surface area contributed by atoms with Crippen molar-refractivity contribution in [1.82, 2.24) is 4.98 Å². The number of hydrogen-bond acceptors (Lipinski definition) is 5. The van der Waals surface area contributed by atoms with E-state index in [1.807, 2.05) is 0 Å². The second-order valence-electron chi connectivity index (χ2n) is 3.24. The second-order valence-corrected chi connectivity index (χ2v) is 4.10. The van der Waals surface area contributed by atoms with E-state index in [4.69, 9.17) is 4.42 Å². The molecule has 0 spiro atoms. The first kappa shape index (κ1) is 11.6. The van der Waals surface area contributed by atoms with Crippen LogP contribution in [-0.4, -0.2) is 9.91 Å². The zero-order chi connectivity index (χ0) is 12.3. The number of hydrogen-bond donors (Lipinski definition) is 1. The van der Waals surface area contributed by atoms with Crippen molar-refractivity contribution in [2.24, 2.45) is 0 Å². The highest BCUT2D eigenvalue weighted by atomic mass is 79.9. The van der Waals surface area contributed by atoms with Crippen molar-refractivity contribution >= 4 is 27.3 Å². The number of nitro benzene ring substituents is 1. The van der Waals surface area contributed by atoms with Crippen LogP contribution >= 0.6 is 15.9 Å². The maximum atomic E-state index is 10.7. The molecule has 1 N–H and O–H groups in total. The molecule has 0 saturated carbocycles. The first-order chi connectivity index (χ1) is 8.16. The molecule has 2 aromatic rings. The maximum absolute atomic E-state index is 10.7. The molecule has 2 rings (SSSR count). The highest BCUT2D eigenvalue weighted by molar-refractivity contribution is 9.10. The SMILES string of the molecule is O=[N+]([O-])c1cc(NCc2cnco2)ccc1Br. The van der Waals surface area contributed by atoms with Crippen LogP contribution < -0.4 is 5.32 Å². The normalized spacial score (nSPS) is 10.2. The fourth-order valence-corrected chi connectivity index (χ4v) is 1.67. The highest BCUT2D eigenvalue weighted by Gasteiger charge is 2.12. The molecule has 0 amide bonds. The van der Waals surface area contributed by atoms with Gasteiger partial charge in [0.05, 0.1) is 22.1 Å². The van der Waals surface area contributed by atoms with Crippen molar-refractivity contribution in [2.75, 3.05) is 5.32 Å². The average Bonchev–Trinajstić information content (AvgIpc) is 2.80. The monoisotopic (exact) mass is 297 g/mol. The molecule has 6 nitrogen and oxygen atoms in total. The van der Waals surface area contributed by atoms with Gasteiger partial charge >= 0.3 is 0 Å². The lowest BCUT2D eigenvalue weighted by molar-refractivity contribution is -0.385. The van der Waals surface area contributed by atoms with Gasteiger partial charge in [0.1, 0.15) is 5.76 Å². The Bertz CT molecular complexity index is 528. The van der Waals surface area contributed by atoms with Crippen molar-refractivity contribution in [3.8, 4) is 0 Å². The van der Waals surface area contributed by atoms with Crippen LogP contribution in [0.15, 0.2) is 39.7 Å². The number of nitrogens with one attached hydrogen (secondary N) is 1. The van der Waals surface area contributed by atoms with Gasteiger partial charge in [0.25, 0.3) is 5.69 Å². The van der Waals surface area contributed by atoms with E-state index in [1.54, 1.807) is 18.3 Å². The van der Waals surface area contributed by atoms with Gasteiger partial charge in [0, 0.05) is 11.8 Å². The van der Waals surface area contributed by atoms with Crippen molar-refractivity contribution in [2.45, 2.75) is 6.54 Å². The zero-order valence-corrected chi connectivity index (χ0v) is 10.2. The van der Waals surface area contributed by atoms with Crippen LogP contribution in [0.1, 0.15) is 5.76 Å². The molecule has 0 radical (unpaired) electrons. The van der Waals surface area contributed by atoms with Crippen LogP contribution in [0.2, 0.25) is 0 Å². The van der Waals surface area contributed by atoms with Crippen molar-refractivity contribution in [3.05, 3.63) is 51.1 Å². The van der Waals surface area contributed by atoms with Crippen LogP contribution in [0.5, 0.6) is 0 Å². The Morgan fingerprint density at radius 3 is 3.00 bits per heavy atom. The van der Waals surface area contributed by atoms with Crippen LogP contribution in [0.4, 0.5) is 11.4 Å². The van der Waals surface area contributed by atoms with E-state index < -0.39 is 4.92 Å². The van der Waals surface area contributed by atoms with E-state index in [2.05, 4.69) is 26.2 Å². The fourth-order valence-electron chi connectivity index (χ4n) is 1.28. The fraction of sp³-hybridized carbons (Fsp3) is 0.100. The number of aromatic nitrogens is 1. The molecule has 0 saturated heterocycles. The van der Waals surface area contributed by atoms with E-state index in [1.165, 1.54) is 12.5 Å². The molecule has 0 aliphatic carbocycles. The topological polar surface area (TPSA) is 81.2 Å². The van der Waals surface area contributed by atoms with Gasteiger partial charge in [-0.25, -0.2) is 4.98 Å². The predicted molar refractivity (Wildman–Crippen MR) is 64.6 cm³/mol. The van der Waals surface area contributed by atoms with E-state index in [9.17, 15) is 10.1 Å². The van der Waals surface area contributed by atoms with Gasteiger partial charge in [-0.1, -0.05) is 0 Å². The molecule has 1 aromatic carbocycles. The van der Waals surface area contributed by atoms with Crippen LogP contribution in [0.25, 0.3) is 0 Å². The second kappa shape index (κ2) is 4.96. The smallest absolute Gasteiger partial charge is 0.285 e. The minimum Gasteiger partial charge on any atom is -0.447 e. The molecule has 0 aliphatic rings. The summed E-state index contributed by atoms with van der Waals surface area (Å²) >= 11 is 3.12. The molecule has 88 valence electrons. The molecular formula is C10H8BrN3O3. The Morgan fingerprint density at radius 1 is 1.53 bits per heavy atom. The van der Waals surface area contributed by atoms with Crippen molar-refractivity contribution in [1.29, 1.82) is 0 Å². The Balaban J connectivity index is 2.11. The summed E-state index contributed by atoms with van der Waals surface area (Å²) < 4.78 is 5.49. The molecule has 17 heavy (non-hydrogen) atoms. The van der Waals surface area contributed by atoms with E-state index in [-0.39, 0.29) is 5.69 Å². The Morgan fingerprint density at radius 2 is 2.35 bits per heavy atom. The summed E-state index contributed by atoms with van der Waals surface area (Å²) in [4.78, 5) is 14.1. The molecule has 0 fully saturated rings. The van der Waals surface area contributed by atoms with Gasteiger partial charge in [0.15, 0.2) is 6.39 Å². The number of rotatable bonds is 4. The largest absolute Gasteiger partial charge is 0.447 e. The molecule has 0 unspecified atom stereocenters. The van der Waals surface area contributed by atoms with Gasteiger partial charge in [-0.15, -0.1) is 0 Å². The van der Waals surface area contributed by atoms with Crippen LogP contribution in [0, 0.1) is 10.1 Å². The van der Waals surface area contributed by atoms with Gasteiger partial charge in [0.2, 0.25) is 0 Å². The molecular weight excluding hydrogens is 290 g/mol. The number of nitrogens with zero attached hydrogens (tertiary/aromatic N) is 2. The van der Waals surface area contributed by atoms with Gasteiger partial charge in [-0.2, -0.15) is 0 Å². The van der Waals surface area contributed by atoms with Gasteiger partial charge in [-0.3, -0.25) is 10.1 Å². The molecule has 7 heteroatoms. The predicted octanol–water partition coefficient (Wildman–Crippen LogP) is 2.96. The molecule has 1 aromatic heterocycles. The third kappa shape index (κ3) is 2.82. The molecule has 1 heterocycles. The zero-order valence-electron chi connectivity index (χ0n) is 8.59. The minimum atomic E-state index is -0.441. The van der Waals surface area contributed by atoms with Crippen molar-refractivity contribution < 1.29 is 9.34 Å². The Hall–Kier alpha value is -1.89. The lowest BCUT2D eigenvalue weighted by Crippen LogP contribution is -1.99. The summed E-state index contributed by atoms with van der Waals surface area (Å²) in [6, 6.07) is 4.83. The molecule has 0 atom stereocenters. The third-order valence-corrected chi connectivity index (χ3v) is 2.76. The van der Waals surface area contributed by atoms with Crippen molar-refractivity contribution in [3.63, 3.8) is 0 Å². The highest BCUT2D eigenvalue weighted by Crippen LogP contribution is 2.27. The minimum absolute atomic E-state index is 0.0209. The summed E-state index contributed by atoms with van der Waals surface area (Å²) in [5, 5.41) is 13.7. The summed E-state index contributed by atoms with van der Waals surface area (Å²) in [7, 11) is 0. The average molecular weight is 298 g/mol. The molecule has 0 bridgehead atoms. The van der Waals surface area contributed by atoms with E-state index in [0.717, 1.165) is 0 Å². The first-order valence-corrected chi connectivity index (χ1v) is 5.51. The summed E-state index contributed by atoms with van der Waals surface area (Å²) in [6.45, 7) is 0.429. The van der Waals surface area contributed by atoms with Gasteiger partial charge in [-0.05, 0) is 28.1 Å². The Labute approximate surface area is 105 Å². The lowest BCUT2D eigenvalue weighted by Gasteiger charge is -2.04. The van der Waals surface area contributed by atoms with E-state index >= 15 is 0 Å². The van der Waals surface area contributed by atoms with E-state index in [0.29, 0.717) is 22.5 Å². The third-order valence-electron chi connectivity index (χ3n) is 2.09. The number of benzene rings is 1. The number of halogens is 1. The van der Waals surface area contributed by atoms with Crippen LogP contribution in [-0.2, 0) is 6.54 Å². The summed E-state index contributed by atoms with van der Waals surface area (Å²) in [6.07, 6.45) is 2.92.